The predicted octanol–water partition coefficient (Wildman–Crippen LogP) is 3.48. The van der Waals surface area contributed by atoms with Gasteiger partial charge in [0.05, 0.1) is 11.7 Å². The van der Waals surface area contributed by atoms with Crippen molar-refractivity contribution in [1.29, 1.82) is 0 Å². The Bertz CT molecular complexity index is 935. The number of nitrogens with one attached hydrogen (secondary N) is 2. The van der Waals surface area contributed by atoms with Crippen molar-refractivity contribution in [3.05, 3.63) is 59.7 Å². The lowest BCUT2D eigenvalue weighted by Gasteiger charge is -2.21. The Morgan fingerprint density at radius 2 is 1.62 bits per heavy atom. The van der Waals surface area contributed by atoms with Gasteiger partial charge in [-0.25, -0.2) is 4.79 Å². The minimum atomic E-state index is -0.879. The van der Waals surface area contributed by atoms with Gasteiger partial charge in [-0.3, -0.25) is 9.59 Å². The summed E-state index contributed by atoms with van der Waals surface area (Å²) in [5.41, 5.74) is 4.61. The molecule has 32 heavy (non-hydrogen) atoms. The van der Waals surface area contributed by atoms with Crippen molar-refractivity contribution in [2.75, 3.05) is 24.7 Å². The van der Waals surface area contributed by atoms with Crippen molar-refractivity contribution < 1.29 is 24.2 Å². The first-order chi connectivity index (χ1) is 15.4. The van der Waals surface area contributed by atoms with E-state index in [1.165, 1.54) is 11.8 Å². The summed E-state index contributed by atoms with van der Waals surface area (Å²) < 4.78 is 5.54. The molecule has 0 heterocycles. The smallest absolute Gasteiger partial charge is 0.407 e. The molecule has 170 valence electrons. The van der Waals surface area contributed by atoms with Crippen molar-refractivity contribution in [2.45, 2.75) is 25.8 Å². The maximum absolute atomic E-state index is 12.4. The molecule has 0 bridgehead atoms. The molecule has 2 unspecified atom stereocenters. The quantitative estimate of drug-likeness (QED) is 0.473. The van der Waals surface area contributed by atoms with E-state index in [1.54, 1.807) is 13.8 Å². The lowest BCUT2D eigenvalue weighted by molar-refractivity contribution is -0.134. The summed E-state index contributed by atoms with van der Waals surface area (Å²) in [4.78, 5) is 35.2. The molecule has 0 aromatic heterocycles. The van der Waals surface area contributed by atoms with Crippen LogP contribution in [0.25, 0.3) is 11.1 Å². The van der Waals surface area contributed by atoms with Crippen LogP contribution in [0.1, 0.15) is 30.9 Å². The lowest BCUT2D eigenvalue weighted by Crippen LogP contribution is -2.44. The lowest BCUT2D eigenvalue weighted by atomic mass is 9.98. The van der Waals surface area contributed by atoms with Crippen molar-refractivity contribution in [1.82, 2.24) is 10.6 Å². The molecule has 3 rings (SSSR count). The number of carbonyl (C=O) groups excluding carboxylic acids is 2. The molecule has 0 saturated carbocycles. The Balaban J connectivity index is 1.47. The van der Waals surface area contributed by atoms with Gasteiger partial charge in [0.25, 0.3) is 0 Å². The van der Waals surface area contributed by atoms with Crippen molar-refractivity contribution >= 4 is 29.7 Å². The van der Waals surface area contributed by atoms with Crippen LogP contribution >= 0.6 is 11.8 Å². The summed E-state index contributed by atoms with van der Waals surface area (Å²) in [5.74, 6) is -1.04. The Morgan fingerprint density at radius 3 is 2.22 bits per heavy atom. The van der Waals surface area contributed by atoms with Crippen LogP contribution in [0.4, 0.5) is 4.79 Å². The number of amides is 2. The highest BCUT2D eigenvalue weighted by molar-refractivity contribution is 7.99. The third-order valence-electron chi connectivity index (χ3n) is 5.62. The number of aliphatic carboxylic acids is 1. The van der Waals surface area contributed by atoms with E-state index in [9.17, 15) is 14.4 Å². The second-order valence-corrected chi connectivity index (χ2v) is 8.89. The van der Waals surface area contributed by atoms with Crippen LogP contribution in [-0.4, -0.2) is 53.8 Å². The average Bonchev–Trinajstić information content (AvgIpc) is 3.10. The summed E-state index contributed by atoms with van der Waals surface area (Å²) in [5, 5.41) is 14.1. The first-order valence-electron chi connectivity index (χ1n) is 10.6. The largest absolute Gasteiger partial charge is 0.481 e. The Labute approximate surface area is 191 Å². The van der Waals surface area contributed by atoms with Gasteiger partial charge >= 0.3 is 12.1 Å². The zero-order valence-corrected chi connectivity index (χ0v) is 19.0. The molecule has 8 heteroatoms. The first-order valence-corrected chi connectivity index (χ1v) is 11.7. The molecule has 2 amide bonds. The average molecular weight is 457 g/mol. The van der Waals surface area contributed by atoms with Crippen LogP contribution in [-0.2, 0) is 14.3 Å². The van der Waals surface area contributed by atoms with Gasteiger partial charge in [0, 0.05) is 24.3 Å². The van der Waals surface area contributed by atoms with Gasteiger partial charge in [0.2, 0.25) is 5.91 Å². The standard InChI is InChI=1S/C24H28N2O5S/c1-15(23(29)25-11-12-32-14-22(27)28)16(2)26-24(30)31-13-21-19-9-5-3-7-17(19)18-8-4-6-10-20(18)21/h3-10,15-16,21H,11-14H2,1-2H3,(H,25,29)(H,26,30)(H,27,28). The number of alkyl carbamates (subject to hydrolysis) is 1. The van der Waals surface area contributed by atoms with Crippen molar-refractivity contribution in [2.24, 2.45) is 5.92 Å². The summed E-state index contributed by atoms with van der Waals surface area (Å²) in [6.45, 7) is 4.08. The van der Waals surface area contributed by atoms with Crippen LogP contribution in [0.3, 0.4) is 0 Å². The van der Waals surface area contributed by atoms with Crippen LogP contribution in [0, 0.1) is 5.92 Å². The Kier molecular flexibility index (Phi) is 8.16. The molecule has 0 radical (unpaired) electrons. The molecule has 0 saturated heterocycles. The van der Waals surface area contributed by atoms with Crippen molar-refractivity contribution in [3.63, 3.8) is 0 Å². The van der Waals surface area contributed by atoms with Gasteiger partial charge in [-0.05, 0) is 29.2 Å². The minimum Gasteiger partial charge on any atom is -0.481 e. The number of rotatable bonds is 10. The molecular weight excluding hydrogens is 428 g/mol. The van der Waals surface area contributed by atoms with Gasteiger partial charge in [-0.2, -0.15) is 0 Å². The van der Waals surface area contributed by atoms with E-state index in [4.69, 9.17) is 9.84 Å². The topological polar surface area (TPSA) is 105 Å². The number of hydrogen-bond acceptors (Lipinski definition) is 5. The highest BCUT2D eigenvalue weighted by Crippen LogP contribution is 2.44. The Morgan fingerprint density at radius 1 is 1.03 bits per heavy atom. The molecule has 0 fully saturated rings. The summed E-state index contributed by atoms with van der Waals surface area (Å²) in [6, 6.07) is 15.8. The third kappa shape index (κ3) is 5.82. The summed E-state index contributed by atoms with van der Waals surface area (Å²) in [7, 11) is 0. The highest BCUT2D eigenvalue weighted by Gasteiger charge is 2.29. The second-order valence-electron chi connectivity index (χ2n) is 7.78. The number of benzene rings is 2. The van der Waals surface area contributed by atoms with E-state index < -0.39 is 24.0 Å². The minimum absolute atomic E-state index is 0.00513. The molecule has 0 spiro atoms. The Hall–Kier alpha value is -3.00. The monoisotopic (exact) mass is 456 g/mol. The van der Waals surface area contributed by atoms with Gasteiger partial charge < -0.3 is 20.5 Å². The van der Waals surface area contributed by atoms with Crippen LogP contribution in [0.2, 0.25) is 0 Å². The zero-order valence-electron chi connectivity index (χ0n) is 18.2. The fourth-order valence-corrected chi connectivity index (χ4v) is 4.31. The highest BCUT2D eigenvalue weighted by atomic mass is 32.2. The third-order valence-corrected chi connectivity index (χ3v) is 6.57. The molecular formula is C24H28N2O5S. The molecule has 7 nitrogen and oxygen atoms in total. The first kappa shape index (κ1) is 23.7. The van der Waals surface area contributed by atoms with Crippen molar-refractivity contribution in [3.8, 4) is 11.1 Å². The second kappa shape index (κ2) is 11.0. The molecule has 3 N–H and O–H groups in total. The number of fused-ring (bicyclic) bond motifs is 3. The van der Waals surface area contributed by atoms with Gasteiger partial charge in [0.1, 0.15) is 6.61 Å². The molecule has 1 aliphatic rings. The SMILES string of the molecule is CC(NC(=O)OCC1c2ccccc2-c2ccccc21)C(C)C(=O)NCCSCC(=O)O. The number of carboxylic acids is 1. The predicted molar refractivity (Wildman–Crippen MR) is 125 cm³/mol. The van der Waals surface area contributed by atoms with E-state index in [2.05, 4.69) is 34.9 Å². The van der Waals surface area contributed by atoms with Gasteiger partial charge in [-0.15, -0.1) is 11.8 Å². The number of carboxylic acid groups (broad SMARTS) is 1. The molecule has 2 atom stereocenters. The molecule has 1 aliphatic carbocycles. The normalized spacial score (nSPS) is 14.1. The number of carbonyl (C=O) groups is 3. The zero-order chi connectivity index (χ0) is 23.1. The maximum Gasteiger partial charge on any atom is 0.407 e. The number of thioether (sulfide) groups is 1. The van der Waals surface area contributed by atoms with E-state index in [0.717, 1.165) is 22.3 Å². The van der Waals surface area contributed by atoms with Gasteiger partial charge in [-0.1, -0.05) is 55.5 Å². The molecule has 2 aromatic rings. The number of ether oxygens (including phenoxy) is 1. The van der Waals surface area contributed by atoms with E-state index in [0.29, 0.717) is 12.3 Å². The molecule has 2 aromatic carbocycles. The fourth-order valence-electron chi connectivity index (χ4n) is 3.74. The van der Waals surface area contributed by atoms with Gasteiger partial charge in [0.15, 0.2) is 0 Å². The molecule has 0 aliphatic heterocycles. The fraction of sp³-hybridized carbons (Fsp3) is 0.375. The van der Waals surface area contributed by atoms with Crippen LogP contribution < -0.4 is 10.6 Å². The van der Waals surface area contributed by atoms with Crippen LogP contribution in [0.15, 0.2) is 48.5 Å². The van der Waals surface area contributed by atoms with E-state index >= 15 is 0 Å². The maximum atomic E-state index is 12.4. The number of hydrogen-bond donors (Lipinski definition) is 3. The van der Waals surface area contributed by atoms with Crippen LogP contribution in [0.5, 0.6) is 0 Å². The summed E-state index contributed by atoms with van der Waals surface area (Å²) in [6.07, 6.45) is -0.559. The summed E-state index contributed by atoms with van der Waals surface area (Å²) >= 11 is 1.24. The van der Waals surface area contributed by atoms with E-state index in [-0.39, 0.29) is 24.2 Å². The van der Waals surface area contributed by atoms with E-state index in [1.807, 2.05) is 24.3 Å².